The van der Waals surface area contributed by atoms with Crippen LogP contribution in [0.15, 0.2) is 53.6 Å². The van der Waals surface area contributed by atoms with Gasteiger partial charge in [-0.15, -0.1) is 11.3 Å². The summed E-state index contributed by atoms with van der Waals surface area (Å²) in [4.78, 5) is 31.1. The second-order valence-electron chi connectivity index (χ2n) is 6.12. The van der Waals surface area contributed by atoms with Gasteiger partial charge in [-0.2, -0.15) is 0 Å². The molecule has 1 aliphatic rings. The molecule has 7 heteroatoms. The summed E-state index contributed by atoms with van der Waals surface area (Å²) >= 11 is 2.96. The molecule has 1 aliphatic heterocycles. The van der Waals surface area contributed by atoms with Crippen LogP contribution in [-0.2, 0) is 4.79 Å². The molecule has 2 heterocycles. The molecular formula is C20H15FN2O2S2. The molecule has 1 atom stereocenters. The lowest BCUT2D eigenvalue weighted by molar-refractivity contribution is -0.126. The Morgan fingerprint density at radius 3 is 2.70 bits per heavy atom. The summed E-state index contributed by atoms with van der Waals surface area (Å²) in [5, 5.41) is 1.24. The second-order valence-corrected chi connectivity index (χ2v) is 8.54. The largest absolute Gasteiger partial charge is 0.298 e. The minimum atomic E-state index is -0.399. The number of Topliss-reactive ketones (excluding diaryl/α,β-unsaturated/α-hetero) is 1. The van der Waals surface area contributed by atoms with E-state index >= 15 is 0 Å². The number of thioether (sulfide) groups is 1. The number of rotatable bonds is 4. The number of ketones is 1. The highest BCUT2D eigenvalue weighted by molar-refractivity contribution is 8.04. The van der Waals surface area contributed by atoms with Crippen LogP contribution in [0.5, 0.6) is 0 Å². The van der Waals surface area contributed by atoms with Crippen LogP contribution in [0, 0.1) is 5.82 Å². The van der Waals surface area contributed by atoms with Gasteiger partial charge in [0.25, 0.3) is 0 Å². The smallest absolute Gasteiger partial charge is 0.241 e. The van der Waals surface area contributed by atoms with Crippen molar-refractivity contribution in [1.82, 2.24) is 9.88 Å². The van der Waals surface area contributed by atoms with Gasteiger partial charge >= 0.3 is 0 Å². The number of carbonyl (C=O) groups excluding carboxylic acids is 2. The lowest BCUT2D eigenvalue weighted by atomic mass is 10.1. The van der Waals surface area contributed by atoms with E-state index in [1.54, 1.807) is 11.3 Å². The average Bonchev–Trinajstić information content (AvgIpc) is 3.18. The number of carbonyl (C=O) groups is 2. The van der Waals surface area contributed by atoms with Crippen LogP contribution in [0.1, 0.15) is 22.3 Å². The van der Waals surface area contributed by atoms with Crippen LogP contribution in [0.4, 0.5) is 4.39 Å². The predicted octanol–water partition coefficient (Wildman–Crippen LogP) is 4.58. The first-order valence-corrected chi connectivity index (χ1v) is 10.0. The fourth-order valence-electron chi connectivity index (χ4n) is 2.82. The van der Waals surface area contributed by atoms with E-state index in [1.165, 1.54) is 40.9 Å². The van der Waals surface area contributed by atoms with Crippen molar-refractivity contribution in [3.63, 3.8) is 0 Å². The highest BCUT2D eigenvalue weighted by Gasteiger charge is 2.35. The van der Waals surface area contributed by atoms with Gasteiger partial charge in [0.15, 0.2) is 5.78 Å². The summed E-state index contributed by atoms with van der Waals surface area (Å²) in [6.07, 6.45) is 1.86. The van der Waals surface area contributed by atoms with Gasteiger partial charge in [0, 0.05) is 11.6 Å². The Labute approximate surface area is 163 Å². The lowest BCUT2D eigenvalue weighted by Crippen LogP contribution is -2.32. The molecule has 27 heavy (non-hydrogen) atoms. The minimum Gasteiger partial charge on any atom is -0.298 e. The summed E-state index contributed by atoms with van der Waals surface area (Å²) in [5.74, 6) is -0.736. The monoisotopic (exact) mass is 398 g/mol. The van der Waals surface area contributed by atoms with Crippen molar-refractivity contribution in [2.45, 2.75) is 12.2 Å². The van der Waals surface area contributed by atoms with Crippen molar-refractivity contribution in [3.8, 4) is 0 Å². The van der Waals surface area contributed by atoms with Gasteiger partial charge < -0.3 is 0 Å². The van der Waals surface area contributed by atoms with Gasteiger partial charge in [0.1, 0.15) is 10.8 Å². The van der Waals surface area contributed by atoms with Crippen molar-refractivity contribution < 1.29 is 14.0 Å². The maximum atomic E-state index is 13.1. The van der Waals surface area contributed by atoms with E-state index in [2.05, 4.69) is 4.98 Å². The van der Waals surface area contributed by atoms with E-state index in [0.29, 0.717) is 10.6 Å². The van der Waals surface area contributed by atoms with Crippen LogP contribution in [0.3, 0.4) is 0 Å². The number of thiazole rings is 1. The maximum absolute atomic E-state index is 13.1. The van der Waals surface area contributed by atoms with Gasteiger partial charge in [-0.25, -0.2) is 9.37 Å². The molecule has 0 N–H and O–H groups in total. The number of hydrogen-bond donors (Lipinski definition) is 0. The molecule has 0 aliphatic carbocycles. The fraction of sp³-hybridized carbons (Fsp3) is 0.150. The van der Waals surface area contributed by atoms with Crippen molar-refractivity contribution in [2.75, 3.05) is 6.54 Å². The van der Waals surface area contributed by atoms with Crippen molar-refractivity contribution >= 4 is 51.1 Å². The van der Waals surface area contributed by atoms with Crippen LogP contribution in [0.25, 0.3) is 16.3 Å². The topological polar surface area (TPSA) is 50.3 Å². The zero-order valence-corrected chi connectivity index (χ0v) is 16.0. The molecule has 0 spiro atoms. The third kappa shape index (κ3) is 3.65. The summed E-state index contributed by atoms with van der Waals surface area (Å²) in [5.41, 5.74) is 1.29. The number of benzene rings is 2. The Morgan fingerprint density at radius 2 is 1.96 bits per heavy atom. The molecular weight excluding hydrogens is 383 g/mol. The Balaban J connectivity index is 1.61. The number of hydrogen-bond acceptors (Lipinski definition) is 5. The predicted molar refractivity (Wildman–Crippen MR) is 107 cm³/mol. The Bertz CT molecular complexity index is 1030. The molecule has 1 unspecified atom stereocenters. The third-order valence-corrected chi connectivity index (χ3v) is 6.32. The molecule has 4 nitrogen and oxygen atoms in total. The minimum absolute atomic E-state index is 0.0709. The molecule has 4 rings (SSSR count). The average molecular weight is 398 g/mol. The first kappa shape index (κ1) is 17.9. The lowest BCUT2D eigenvalue weighted by Gasteiger charge is -2.16. The van der Waals surface area contributed by atoms with Gasteiger partial charge in [-0.3, -0.25) is 14.5 Å². The van der Waals surface area contributed by atoms with Crippen LogP contribution < -0.4 is 0 Å². The quantitative estimate of drug-likeness (QED) is 0.604. The molecule has 0 bridgehead atoms. The normalized spacial score (nSPS) is 18.6. The SMILES string of the molecule is CC1S/C(=C/c2nc3ccccc3s2)N(CC(=O)c2ccc(F)cc2)C1=O. The Hall–Kier alpha value is -2.51. The standard InChI is InChI=1S/C20H15FN2O2S2/c1-12-20(25)23(11-16(24)13-6-8-14(21)9-7-13)19(26-12)10-18-22-15-4-2-3-5-17(15)27-18/h2-10,12H,11H2,1H3/b19-10+. The Kier molecular flexibility index (Phi) is 4.80. The number of nitrogens with zero attached hydrogens (tertiary/aromatic N) is 2. The number of para-hydroxylation sites is 1. The second kappa shape index (κ2) is 7.25. The van der Waals surface area contributed by atoms with Crippen LogP contribution >= 0.6 is 23.1 Å². The van der Waals surface area contributed by atoms with Gasteiger partial charge in [-0.1, -0.05) is 23.9 Å². The summed E-state index contributed by atoms with van der Waals surface area (Å²) in [6, 6.07) is 13.2. The summed E-state index contributed by atoms with van der Waals surface area (Å²) in [7, 11) is 0. The van der Waals surface area contributed by atoms with E-state index in [-0.39, 0.29) is 23.5 Å². The summed E-state index contributed by atoms with van der Waals surface area (Å²) < 4.78 is 14.1. The van der Waals surface area contributed by atoms with E-state index in [4.69, 9.17) is 0 Å². The van der Waals surface area contributed by atoms with Crippen LogP contribution in [-0.4, -0.2) is 33.4 Å². The number of amides is 1. The van der Waals surface area contributed by atoms with E-state index in [9.17, 15) is 14.0 Å². The first-order chi connectivity index (χ1) is 13.0. The molecule has 0 saturated carbocycles. The highest BCUT2D eigenvalue weighted by Crippen LogP contribution is 2.37. The van der Waals surface area contributed by atoms with Crippen molar-refractivity contribution in [1.29, 1.82) is 0 Å². The van der Waals surface area contributed by atoms with Crippen molar-refractivity contribution in [3.05, 3.63) is 69.9 Å². The van der Waals surface area contributed by atoms with Gasteiger partial charge in [0.05, 0.1) is 27.0 Å². The molecule has 136 valence electrons. The zero-order valence-electron chi connectivity index (χ0n) is 14.4. The molecule has 1 saturated heterocycles. The fourth-order valence-corrected chi connectivity index (χ4v) is 4.85. The first-order valence-electron chi connectivity index (χ1n) is 8.35. The number of halogens is 1. The van der Waals surface area contributed by atoms with E-state index in [1.807, 2.05) is 37.3 Å². The molecule has 3 aromatic rings. The van der Waals surface area contributed by atoms with Gasteiger partial charge in [-0.05, 0) is 43.3 Å². The van der Waals surface area contributed by atoms with Crippen LogP contribution in [0.2, 0.25) is 0 Å². The molecule has 1 aromatic heterocycles. The number of fused-ring (bicyclic) bond motifs is 1. The molecule has 1 amide bonds. The van der Waals surface area contributed by atoms with Crippen molar-refractivity contribution in [2.24, 2.45) is 0 Å². The molecule has 1 fully saturated rings. The maximum Gasteiger partial charge on any atom is 0.241 e. The highest BCUT2D eigenvalue weighted by atomic mass is 32.2. The number of aromatic nitrogens is 1. The Morgan fingerprint density at radius 1 is 1.22 bits per heavy atom. The zero-order chi connectivity index (χ0) is 19.0. The molecule has 2 aromatic carbocycles. The molecule has 0 radical (unpaired) electrons. The summed E-state index contributed by atoms with van der Waals surface area (Å²) in [6.45, 7) is 1.75. The third-order valence-electron chi connectivity index (χ3n) is 4.20. The van der Waals surface area contributed by atoms with E-state index in [0.717, 1.165) is 15.2 Å². The van der Waals surface area contributed by atoms with Gasteiger partial charge in [0.2, 0.25) is 5.91 Å². The van der Waals surface area contributed by atoms with E-state index < -0.39 is 5.82 Å².